The van der Waals surface area contributed by atoms with Gasteiger partial charge in [0.05, 0.1) is 16.5 Å². The van der Waals surface area contributed by atoms with E-state index in [4.69, 9.17) is 0 Å². The molecule has 2 aromatic carbocycles. The topological polar surface area (TPSA) is 194 Å². The Morgan fingerprint density at radius 3 is 2.29 bits per heavy atom. The molecule has 0 aliphatic heterocycles. The maximum absolute atomic E-state index is 14.4. The third-order valence-electron chi connectivity index (χ3n) is 9.33. The number of ketones is 3. The van der Waals surface area contributed by atoms with Crippen LogP contribution in [0.15, 0.2) is 64.0 Å². The van der Waals surface area contributed by atoms with Crippen molar-refractivity contribution in [3.63, 3.8) is 0 Å². The number of benzene rings is 2. The molecule has 45 heavy (non-hydrogen) atoms. The summed E-state index contributed by atoms with van der Waals surface area (Å²) in [6.45, 7) is 2.71. The smallest absolute Gasteiger partial charge is 0.240 e. The summed E-state index contributed by atoms with van der Waals surface area (Å²) in [7, 11) is 0.655. The number of rotatable bonds is 8. The zero-order valence-electron chi connectivity index (χ0n) is 25.6. The molecule has 0 heterocycles. The summed E-state index contributed by atoms with van der Waals surface area (Å²) in [4.78, 5) is 42.2. The third-order valence-corrected chi connectivity index (χ3v) is 10.7. The summed E-state index contributed by atoms with van der Waals surface area (Å²) in [5.41, 5.74) is -3.73. The molecule has 0 fully saturated rings. The van der Waals surface area contributed by atoms with E-state index >= 15 is 0 Å². The predicted molar refractivity (Wildman–Crippen MR) is 163 cm³/mol. The van der Waals surface area contributed by atoms with Crippen LogP contribution < -0.4 is 10.0 Å². The quantitative estimate of drug-likeness (QED) is 0.230. The molecule has 3 aliphatic carbocycles. The Bertz CT molecular complexity index is 1800. The fourth-order valence-corrected chi connectivity index (χ4v) is 8.34. The van der Waals surface area contributed by atoms with Crippen molar-refractivity contribution in [1.82, 2.24) is 14.9 Å². The highest BCUT2D eigenvalue weighted by molar-refractivity contribution is 7.89. The molecule has 0 saturated heterocycles. The van der Waals surface area contributed by atoms with Crippen LogP contribution in [-0.2, 0) is 32.6 Å². The molecule has 2 aromatic rings. The van der Waals surface area contributed by atoms with Crippen molar-refractivity contribution in [3.05, 3.63) is 81.3 Å². The summed E-state index contributed by atoms with van der Waals surface area (Å²) in [6.07, 6.45) is -0.330. The molecule has 0 bridgehead atoms. The number of phenolic OH excluding ortho intramolecular Hbond substituents is 1. The van der Waals surface area contributed by atoms with Crippen LogP contribution in [0.2, 0.25) is 0 Å². The normalized spacial score (nSPS) is 26.6. The Morgan fingerprint density at radius 1 is 1.07 bits per heavy atom. The van der Waals surface area contributed by atoms with Gasteiger partial charge in [0.15, 0.2) is 17.2 Å². The van der Waals surface area contributed by atoms with Crippen LogP contribution >= 0.6 is 0 Å². The molecule has 6 N–H and O–H groups in total. The van der Waals surface area contributed by atoms with Crippen LogP contribution in [0.5, 0.6) is 5.75 Å². The van der Waals surface area contributed by atoms with E-state index in [9.17, 15) is 43.2 Å². The molecule has 0 saturated carbocycles. The number of hydrogen-bond donors (Lipinski definition) is 6. The highest BCUT2D eigenvalue weighted by atomic mass is 32.2. The zero-order valence-corrected chi connectivity index (χ0v) is 26.4. The maximum Gasteiger partial charge on any atom is 0.240 e. The molecule has 12 nitrogen and oxygen atoms in total. The summed E-state index contributed by atoms with van der Waals surface area (Å²) >= 11 is 0. The molecule has 0 spiro atoms. The molecule has 4 atom stereocenters. The SMILES string of the molecule is CNCc1ccc(O)c2c1C[C@@]1(CNS(=O)(=O)c3ccc(C)cc3)C[C@H]3[C@H](N(C)C)C(O)=C(C(C)=O)C(=O)[C@@]3(O)C(O)=C1C2=O. The lowest BCUT2D eigenvalue weighted by Crippen LogP contribution is -2.66. The molecular weight excluding hydrogens is 602 g/mol. The number of hydrogen-bond acceptors (Lipinski definition) is 11. The van der Waals surface area contributed by atoms with E-state index in [2.05, 4.69) is 10.0 Å². The number of aryl methyl sites for hydroxylation is 1. The minimum Gasteiger partial charge on any atom is -0.510 e. The van der Waals surface area contributed by atoms with Gasteiger partial charge in [0.25, 0.3) is 0 Å². The zero-order chi connectivity index (χ0) is 33.2. The van der Waals surface area contributed by atoms with Gasteiger partial charge in [-0.1, -0.05) is 23.8 Å². The fourth-order valence-electron chi connectivity index (χ4n) is 7.21. The number of aliphatic hydroxyl groups is 3. The van der Waals surface area contributed by atoms with E-state index < -0.39 is 79.6 Å². The summed E-state index contributed by atoms with van der Waals surface area (Å²) in [5.74, 6) is -6.31. The van der Waals surface area contributed by atoms with Crippen molar-refractivity contribution in [2.75, 3.05) is 27.7 Å². The second kappa shape index (κ2) is 11.2. The summed E-state index contributed by atoms with van der Waals surface area (Å²) in [5, 5.41) is 49.1. The van der Waals surface area contributed by atoms with Crippen LogP contribution in [0.3, 0.4) is 0 Å². The lowest BCUT2D eigenvalue weighted by atomic mass is 9.52. The number of carbonyl (C=O) groups excluding carboxylic acids is 3. The minimum atomic E-state index is -4.16. The predicted octanol–water partition coefficient (Wildman–Crippen LogP) is 1.60. The van der Waals surface area contributed by atoms with Gasteiger partial charge >= 0.3 is 0 Å². The fraction of sp³-hybridized carbons (Fsp3) is 0.406. The number of carbonyl (C=O) groups is 3. The van der Waals surface area contributed by atoms with Crippen molar-refractivity contribution in [1.29, 1.82) is 0 Å². The average Bonchev–Trinajstić information content (AvgIpc) is 2.95. The number of aliphatic hydroxyl groups excluding tert-OH is 2. The van der Waals surface area contributed by atoms with Gasteiger partial charge in [-0.25, -0.2) is 13.1 Å². The largest absolute Gasteiger partial charge is 0.510 e. The molecule has 240 valence electrons. The number of Topliss-reactive ketones (excluding diaryl/α,β-unsaturated/α-hetero) is 3. The first kappa shape index (κ1) is 32.5. The Morgan fingerprint density at radius 2 is 1.71 bits per heavy atom. The van der Waals surface area contributed by atoms with Crippen molar-refractivity contribution < 1.29 is 43.2 Å². The maximum atomic E-state index is 14.4. The van der Waals surface area contributed by atoms with Gasteiger partial charge in [-0.05, 0) is 77.2 Å². The van der Waals surface area contributed by atoms with Crippen LogP contribution in [0, 0.1) is 18.3 Å². The Kier molecular flexibility index (Phi) is 8.07. The van der Waals surface area contributed by atoms with Gasteiger partial charge in [-0.15, -0.1) is 0 Å². The Hall–Kier alpha value is -3.88. The van der Waals surface area contributed by atoms with Crippen molar-refractivity contribution in [2.45, 2.75) is 49.8 Å². The Labute approximate surface area is 261 Å². The third kappa shape index (κ3) is 4.90. The molecule has 13 heteroatoms. The van der Waals surface area contributed by atoms with Crippen LogP contribution in [0.25, 0.3) is 0 Å². The van der Waals surface area contributed by atoms with Crippen molar-refractivity contribution >= 4 is 27.4 Å². The van der Waals surface area contributed by atoms with Gasteiger partial charge in [0.1, 0.15) is 22.8 Å². The number of nitrogens with zero attached hydrogens (tertiary/aromatic N) is 1. The lowest BCUT2D eigenvalue weighted by molar-refractivity contribution is -0.150. The number of sulfonamides is 1. The first-order chi connectivity index (χ1) is 21.0. The van der Waals surface area contributed by atoms with E-state index in [1.807, 2.05) is 6.92 Å². The minimum absolute atomic E-state index is 0.0340. The number of fused-ring (bicyclic) bond motifs is 3. The van der Waals surface area contributed by atoms with Gasteiger partial charge in [0.2, 0.25) is 15.8 Å². The molecule has 0 radical (unpaired) electrons. The van der Waals surface area contributed by atoms with Gasteiger partial charge in [-0.3, -0.25) is 19.3 Å². The van der Waals surface area contributed by atoms with Crippen LogP contribution in [0.1, 0.15) is 40.4 Å². The number of phenols is 1. The van der Waals surface area contributed by atoms with Gasteiger partial charge in [-0.2, -0.15) is 0 Å². The van der Waals surface area contributed by atoms with E-state index in [0.29, 0.717) is 17.7 Å². The van der Waals surface area contributed by atoms with Crippen LogP contribution in [0.4, 0.5) is 0 Å². The van der Waals surface area contributed by atoms with Crippen molar-refractivity contribution in [3.8, 4) is 5.75 Å². The number of nitrogens with one attached hydrogen (secondary N) is 2. The number of aromatic hydroxyl groups is 1. The van der Waals surface area contributed by atoms with E-state index in [0.717, 1.165) is 12.5 Å². The highest BCUT2D eigenvalue weighted by Gasteiger charge is 2.66. The Balaban J connectivity index is 1.77. The molecule has 5 rings (SSSR count). The monoisotopic (exact) mass is 639 g/mol. The van der Waals surface area contributed by atoms with Crippen molar-refractivity contribution in [2.24, 2.45) is 11.3 Å². The second-order valence-corrected chi connectivity index (χ2v) is 14.2. The van der Waals surface area contributed by atoms with Crippen LogP contribution in [-0.4, -0.2) is 90.4 Å². The first-order valence-corrected chi connectivity index (χ1v) is 15.9. The molecule has 0 unspecified atom stereocenters. The average molecular weight is 640 g/mol. The molecule has 0 amide bonds. The summed E-state index contributed by atoms with van der Waals surface area (Å²) in [6, 6.07) is 7.93. The first-order valence-electron chi connectivity index (χ1n) is 14.4. The van der Waals surface area contributed by atoms with Gasteiger partial charge < -0.3 is 25.7 Å². The molecule has 0 aromatic heterocycles. The van der Waals surface area contributed by atoms with E-state index in [1.165, 1.54) is 23.1 Å². The highest BCUT2D eigenvalue weighted by Crippen LogP contribution is 2.57. The molecular formula is C32H37N3O9S. The van der Waals surface area contributed by atoms with Gasteiger partial charge in [0, 0.05) is 30.0 Å². The number of likely N-dealkylation sites (N-methyl/N-ethyl adjacent to an activating group) is 1. The summed E-state index contributed by atoms with van der Waals surface area (Å²) < 4.78 is 29.6. The second-order valence-electron chi connectivity index (χ2n) is 12.4. The lowest BCUT2D eigenvalue weighted by Gasteiger charge is -2.54. The van der Waals surface area contributed by atoms with E-state index in [1.54, 1.807) is 39.3 Å². The standard InChI is InChI=1S/C32H37N3O9S/c1-16-6-9-19(10-7-16)45(43,44)34-15-31-12-20-18(14-33-3)8-11-22(37)24(20)27(38)25(31)30(41)32(42)21(13-31)26(35(4)5)28(39)23(17(2)36)29(32)40/h6-11,21,26,33-34,37,39,41-42H,12-15H2,1-5H3/t21-,26-,31-,32+/m0/s1. The molecule has 3 aliphatic rings. The van der Waals surface area contributed by atoms with E-state index in [-0.39, 0.29) is 29.1 Å².